The minimum Gasteiger partial charge on any atom is -0.225 e. The lowest BCUT2D eigenvalue weighted by atomic mass is 10.2. The molecule has 21 heavy (non-hydrogen) atoms. The second-order valence-corrected chi connectivity index (χ2v) is 5.82. The average Bonchev–Trinajstić information content (AvgIpc) is 2.81. The quantitative estimate of drug-likeness (QED) is 0.457. The van der Waals surface area contributed by atoms with E-state index in [1.165, 1.54) is 10.4 Å². The molecule has 3 heterocycles. The molecule has 0 bridgehead atoms. The summed E-state index contributed by atoms with van der Waals surface area (Å²) in [5, 5.41) is 1.07. The molecule has 0 saturated carbocycles. The summed E-state index contributed by atoms with van der Waals surface area (Å²) in [5.74, 6) is 1.61. The van der Waals surface area contributed by atoms with E-state index >= 15 is 0 Å². The molecule has 3 rings (SSSR count). The molecule has 0 fully saturated rings. The summed E-state index contributed by atoms with van der Waals surface area (Å²) in [6, 6.07) is 5.79. The van der Waals surface area contributed by atoms with E-state index < -0.39 is 0 Å². The van der Waals surface area contributed by atoms with Crippen LogP contribution < -0.4 is 5.43 Å². The van der Waals surface area contributed by atoms with Crippen molar-refractivity contribution in [2.24, 2.45) is 0 Å². The summed E-state index contributed by atoms with van der Waals surface area (Å²) in [7, 11) is 0. The van der Waals surface area contributed by atoms with Crippen molar-refractivity contribution in [1.29, 1.82) is 0 Å². The van der Waals surface area contributed by atoms with Gasteiger partial charge in [0, 0.05) is 10.9 Å². The first kappa shape index (κ1) is 13.6. The van der Waals surface area contributed by atoms with Gasteiger partial charge in [-0.1, -0.05) is 6.07 Å². The van der Waals surface area contributed by atoms with Gasteiger partial charge in [-0.2, -0.15) is 0 Å². The van der Waals surface area contributed by atoms with Gasteiger partial charge < -0.3 is 0 Å². The van der Waals surface area contributed by atoms with Crippen LogP contribution >= 0.6 is 11.3 Å². The average molecular weight is 298 g/mol. The van der Waals surface area contributed by atoms with Crippen molar-refractivity contribution in [2.45, 2.75) is 20.8 Å². The van der Waals surface area contributed by atoms with E-state index in [4.69, 9.17) is 0 Å². The summed E-state index contributed by atoms with van der Waals surface area (Å²) in [5.41, 5.74) is 4.53. The highest BCUT2D eigenvalue weighted by Crippen LogP contribution is 2.32. The molecule has 3 aromatic rings. The number of hydrogen-bond donors (Lipinski definition) is 1. The SMILES string of the molecule is CC=[N+](Nc1ncnc2sc(C)c(C)c12)c1ccccn1. The molecule has 0 spiro atoms. The third kappa shape index (κ3) is 2.50. The summed E-state index contributed by atoms with van der Waals surface area (Å²) < 4.78 is 1.86. The molecule has 106 valence electrons. The van der Waals surface area contributed by atoms with Gasteiger partial charge in [0.2, 0.25) is 0 Å². The first-order valence-electron chi connectivity index (χ1n) is 6.68. The van der Waals surface area contributed by atoms with Gasteiger partial charge in [0.05, 0.1) is 11.6 Å². The Kier molecular flexibility index (Phi) is 3.62. The number of hydrogen-bond acceptors (Lipinski definition) is 5. The van der Waals surface area contributed by atoms with Crippen LogP contribution in [-0.4, -0.2) is 25.9 Å². The molecule has 0 atom stereocenters. The molecule has 0 radical (unpaired) electrons. The van der Waals surface area contributed by atoms with Gasteiger partial charge in [-0.25, -0.2) is 15.4 Å². The second-order valence-electron chi connectivity index (χ2n) is 4.61. The number of anilines is 1. The van der Waals surface area contributed by atoms with E-state index in [0.717, 1.165) is 21.9 Å². The van der Waals surface area contributed by atoms with Crippen LogP contribution in [0.3, 0.4) is 0 Å². The van der Waals surface area contributed by atoms with Crippen molar-refractivity contribution >= 4 is 39.4 Å². The van der Waals surface area contributed by atoms with E-state index in [2.05, 4.69) is 34.2 Å². The fourth-order valence-electron chi connectivity index (χ4n) is 2.13. The van der Waals surface area contributed by atoms with Gasteiger partial charge >= 0.3 is 5.82 Å². The van der Waals surface area contributed by atoms with Gasteiger partial charge in [-0.05, 0) is 37.4 Å². The second kappa shape index (κ2) is 5.57. The number of hydrazone groups is 1. The number of hydrazine groups is 1. The number of aryl methyl sites for hydroxylation is 2. The Morgan fingerprint density at radius 3 is 2.76 bits per heavy atom. The normalized spacial score (nSPS) is 11.9. The number of pyridine rings is 1. The lowest BCUT2D eigenvalue weighted by Crippen LogP contribution is -2.16. The number of nitrogens with zero attached hydrogens (tertiary/aromatic N) is 4. The Bertz CT molecular complexity index is 808. The van der Waals surface area contributed by atoms with E-state index in [1.54, 1.807) is 23.9 Å². The van der Waals surface area contributed by atoms with Gasteiger partial charge in [0.15, 0.2) is 5.82 Å². The molecule has 0 aliphatic heterocycles. The molecule has 1 N–H and O–H groups in total. The highest BCUT2D eigenvalue weighted by atomic mass is 32.1. The maximum absolute atomic E-state index is 4.39. The fraction of sp³-hybridized carbons (Fsp3) is 0.200. The van der Waals surface area contributed by atoms with Gasteiger partial charge in [0.1, 0.15) is 17.4 Å². The van der Waals surface area contributed by atoms with E-state index in [1.807, 2.05) is 36.0 Å². The van der Waals surface area contributed by atoms with Crippen LogP contribution in [0.15, 0.2) is 30.7 Å². The van der Waals surface area contributed by atoms with E-state index in [0.29, 0.717) is 0 Å². The number of thiophene rings is 1. The zero-order valence-electron chi connectivity index (χ0n) is 12.2. The van der Waals surface area contributed by atoms with Gasteiger partial charge in [-0.15, -0.1) is 16.0 Å². The predicted octanol–water partition coefficient (Wildman–Crippen LogP) is 3.46. The van der Waals surface area contributed by atoms with Gasteiger partial charge in [-0.3, -0.25) is 0 Å². The third-order valence-corrected chi connectivity index (χ3v) is 4.46. The Morgan fingerprint density at radius 1 is 1.19 bits per heavy atom. The maximum atomic E-state index is 4.39. The summed E-state index contributed by atoms with van der Waals surface area (Å²) in [6.45, 7) is 6.16. The zero-order chi connectivity index (χ0) is 14.8. The van der Waals surface area contributed by atoms with Crippen LogP contribution in [0.2, 0.25) is 0 Å². The molecular weight excluding hydrogens is 282 g/mol. The molecule has 0 aromatic carbocycles. The topological polar surface area (TPSA) is 53.7 Å². The van der Waals surface area contributed by atoms with Crippen LogP contribution in [0.1, 0.15) is 17.4 Å². The number of aromatic nitrogens is 3. The van der Waals surface area contributed by atoms with Crippen LogP contribution in [0.4, 0.5) is 11.6 Å². The molecule has 3 aromatic heterocycles. The van der Waals surface area contributed by atoms with Crippen molar-refractivity contribution < 1.29 is 4.68 Å². The van der Waals surface area contributed by atoms with E-state index in [9.17, 15) is 0 Å². The van der Waals surface area contributed by atoms with Crippen molar-refractivity contribution in [2.75, 3.05) is 5.43 Å². The predicted molar refractivity (Wildman–Crippen MR) is 86.4 cm³/mol. The molecule has 0 saturated heterocycles. The highest BCUT2D eigenvalue weighted by molar-refractivity contribution is 7.18. The molecule has 0 unspecified atom stereocenters. The minimum absolute atomic E-state index is 0.797. The molecule has 6 heteroatoms. The smallest absolute Gasteiger partial charge is 0.225 e. The van der Waals surface area contributed by atoms with Crippen molar-refractivity contribution in [3.05, 3.63) is 41.2 Å². The number of fused-ring (bicyclic) bond motifs is 1. The Morgan fingerprint density at radius 2 is 2.05 bits per heavy atom. The highest BCUT2D eigenvalue weighted by Gasteiger charge is 2.15. The van der Waals surface area contributed by atoms with Crippen molar-refractivity contribution in [3.63, 3.8) is 0 Å². The summed E-state index contributed by atoms with van der Waals surface area (Å²) >= 11 is 1.69. The monoisotopic (exact) mass is 298 g/mol. The standard InChI is InChI=1S/C15H16N5S/c1-4-20(12-7-5-6-8-16-12)19-14-13-10(2)11(3)21-15(13)18-9-17-14/h4-9H,1-3H3,(H,17,18,19)/q+1. The summed E-state index contributed by atoms with van der Waals surface area (Å²) in [6.07, 6.45) is 5.28. The first-order valence-corrected chi connectivity index (χ1v) is 7.49. The van der Waals surface area contributed by atoms with Crippen molar-refractivity contribution in [3.8, 4) is 0 Å². The van der Waals surface area contributed by atoms with Crippen molar-refractivity contribution in [1.82, 2.24) is 15.0 Å². The van der Waals surface area contributed by atoms with Crippen LogP contribution in [0.5, 0.6) is 0 Å². The molecular formula is C15H16N5S+. The Balaban J connectivity index is 2.06. The summed E-state index contributed by atoms with van der Waals surface area (Å²) in [4.78, 5) is 15.3. The largest absolute Gasteiger partial charge is 0.345 e. The van der Waals surface area contributed by atoms with Crippen LogP contribution in [0, 0.1) is 13.8 Å². The molecule has 5 nitrogen and oxygen atoms in total. The molecule has 0 aliphatic carbocycles. The van der Waals surface area contributed by atoms with Crippen LogP contribution in [0.25, 0.3) is 10.2 Å². The third-order valence-electron chi connectivity index (χ3n) is 3.35. The Hall–Kier alpha value is -2.34. The lowest BCUT2D eigenvalue weighted by molar-refractivity contribution is -0.404. The number of nitrogens with one attached hydrogen (secondary N) is 1. The first-order chi connectivity index (χ1) is 10.2. The fourth-order valence-corrected chi connectivity index (χ4v) is 3.13. The molecule has 0 aliphatic rings. The van der Waals surface area contributed by atoms with E-state index in [-0.39, 0.29) is 0 Å². The lowest BCUT2D eigenvalue weighted by Gasteiger charge is -2.07. The van der Waals surface area contributed by atoms with Gasteiger partial charge in [0.25, 0.3) is 0 Å². The number of rotatable bonds is 3. The molecule has 0 amide bonds. The maximum Gasteiger partial charge on any atom is 0.345 e. The van der Waals surface area contributed by atoms with Crippen LogP contribution in [-0.2, 0) is 0 Å². The zero-order valence-corrected chi connectivity index (χ0v) is 13.0. The minimum atomic E-state index is 0.797. The Labute approximate surface area is 127 Å².